The van der Waals surface area contributed by atoms with Crippen LogP contribution >= 0.6 is 11.3 Å². The number of carbonyl (C=O) groups excluding carboxylic acids is 1. The smallest absolute Gasteiger partial charge is 0.367 e. The van der Waals surface area contributed by atoms with Crippen LogP contribution in [0.15, 0.2) is 48.7 Å². The minimum atomic E-state index is -0.409. The van der Waals surface area contributed by atoms with Crippen LogP contribution in [0.4, 0.5) is 0 Å². The number of aromatic nitrogens is 2. The quantitative estimate of drug-likeness (QED) is 0.659. The maximum absolute atomic E-state index is 12.3. The van der Waals surface area contributed by atoms with Gasteiger partial charge < -0.3 is 9.47 Å². The lowest BCUT2D eigenvalue weighted by atomic mass is 9.99. The Morgan fingerprint density at radius 1 is 1.20 bits per heavy atom. The number of rotatable bonds is 4. The van der Waals surface area contributed by atoms with Crippen LogP contribution in [0.2, 0.25) is 0 Å². The zero-order chi connectivity index (χ0) is 17.1. The normalized spacial score (nSPS) is 20.5. The second-order valence-corrected chi connectivity index (χ2v) is 7.01. The third-order valence-electron chi connectivity index (χ3n) is 4.26. The highest BCUT2D eigenvalue weighted by Crippen LogP contribution is 2.31. The Labute approximate surface area is 149 Å². The molecule has 2 atom stereocenters. The van der Waals surface area contributed by atoms with E-state index in [-0.39, 0.29) is 18.8 Å². The molecule has 128 valence electrons. The molecule has 0 bridgehead atoms. The lowest BCUT2D eigenvalue weighted by Gasteiger charge is -2.30. The molecule has 1 aliphatic rings. The Kier molecular flexibility index (Phi) is 4.72. The van der Waals surface area contributed by atoms with Crippen LogP contribution in [-0.2, 0) is 9.47 Å². The van der Waals surface area contributed by atoms with Gasteiger partial charge in [-0.1, -0.05) is 41.7 Å². The molecular formula is C19H18N2O3S. The van der Waals surface area contributed by atoms with Crippen LogP contribution in [0.1, 0.15) is 40.7 Å². The molecule has 2 unspecified atom stereocenters. The monoisotopic (exact) mass is 354 g/mol. The summed E-state index contributed by atoms with van der Waals surface area (Å²) in [4.78, 5) is 21.5. The molecule has 25 heavy (non-hydrogen) atoms. The van der Waals surface area contributed by atoms with E-state index in [1.165, 1.54) is 16.9 Å². The van der Waals surface area contributed by atoms with Crippen LogP contribution < -0.4 is 0 Å². The van der Waals surface area contributed by atoms with E-state index in [4.69, 9.17) is 9.47 Å². The lowest BCUT2D eigenvalue weighted by molar-refractivity contribution is -0.0782. The average molecular weight is 354 g/mol. The number of carbonyl (C=O) groups is 1. The Morgan fingerprint density at radius 2 is 2.08 bits per heavy atom. The minimum absolute atomic E-state index is 0.0737. The Balaban J connectivity index is 1.36. The third kappa shape index (κ3) is 3.70. The number of benzene rings is 1. The van der Waals surface area contributed by atoms with Gasteiger partial charge in [-0.05, 0) is 37.0 Å². The van der Waals surface area contributed by atoms with Gasteiger partial charge in [0.2, 0.25) is 5.01 Å². The number of fused-ring (bicyclic) bond motifs is 1. The molecule has 0 amide bonds. The van der Waals surface area contributed by atoms with Crippen molar-refractivity contribution in [3.63, 3.8) is 0 Å². The lowest BCUT2D eigenvalue weighted by Crippen LogP contribution is -2.28. The van der Waals surface area contributed by atoms with Crippen molar-refractivity contribution in [3.05, 3.63) is 59.2 Å². The summed E-state index contributed by atoms with van der Waals surface area (Å²) in [6.07, 6.45) is 4.65. The fraction of sp³-hybridized carbons (Fsp3) is 0.316. The summed E-state index contributed by atoms with van der Waals surface area (Å²) in [5, 5.41) is 0.337. The van der Waals surface area contributed by atoms with Crippen LogP contribution in [0.5, 0.6) is 0 Å². The van der Waals surface area contributed by atoms with Gasteiger partial charge in [-0.15, -0.1) is 0 Å². The molecule has 1 aliphatic heterocycles. The van der Waals surface area contributed by atoms with Gasteiger partial charge in [0.15, 0.2) is 0 Å². The number of ether oxygens (including phenoxy) is 2. The van der Waals surface area contributed by atoms with Crippen LogP contribution in [0.25, 0.3) is 10.3 Å². The van der Waals surface area contributed by atoms with Crippen molar-refractivity contribution >= 4 is 27.7 Å². The van der Waals surface area contributed by atoms with E-state index in [2.05, 4.69) is 22.1 Å². The summed E-state index contributed by atoms with van der Waals surface area (Å²) in [5.41, 5.74) is 1.90. The molecule has 0 aliphatic carbocycles. The van der Waals surface area contributed by atoms with E-state index >= 15 is 0 Å². The predicted molar refractivity (Wildman–Crippen MR) is 95.6 cm³/mol. The van der Waals surface area contributed by atoms with Crippen molar-refractivity contribution < 1.29 is 14.3 Å². The van der Waals surface area contributed by atoms with Gasteiger partial charge in [0.25, 0.3) is 0 Å². The van der Waals surface area contributed by atoms with E-state index < -0.39 is 5.97 Å². The number of hydrogen-bond donors (Lipinski definition) is 0. The van der Waals surface area contributed by atoms with Crippen molar-refractivity contribution in [2.24, 2.45) is 0 Å². The van der Waals surface area contributed by atoms with E-state index in [1.807, 2.05) is 24.3 Å². The van der Waals surface area contributed by atoms with Gasteiger partial charge in [-0.25, -0.2) is 14.8 Å². The molecule has 4 rings (SSSR count). The molecule has 1 aromatic carbocycles. The van der Waals surface area contributed by atoms with E-state index in [0.29, 0.717) is 5.01 Å². The fourth-order valence-electron chi connectivity index (χ4n) is 3.02. The summed E-state index contributed by atoms with van der Waals surface area (Å²) >= 11 is 1.25. The van der Waals surface area contributed by atoms with Crippen LogP contribution in [-0.4, -0.2) is 28.6 Å². The number of thiazole rings is 1. The molecule has 0 radical (unpaired) electrons. The summed E-state index contributed by atoms with van der Waals surface area (Å²) in [6.45, 7) is 0.255. The number of esters is 1. The predicted octanol–water partition coefficient (Wildman–Crippen LogP) is 4.16. The summed E-state index contributed by atoms with van der Waals surface area (Å²) in [5.74, 6) is -0.409. The fourth-order valence-corrected chi connectivity index (χ4v) is 3.82. The van der Waals surface area contributed by atoms with Crippen molar-refractivity contribution in [1.82, 2.24) is 9.97 Å². The van der Waals surface area contributed by atoms with Crippen LogP contribution in [0.3, 0.4) is 0 Å². The average Bonchev–Trinajstić information content (AvgIpc) is 3.11. The second-order valence-electron chi connectivity index (χ2n) is 6.03. The first-order valence-corrected chi connectivity index (χ1v) is 9.20. The zero-order valence-corrected chi connectivity index (χ0v) is 14.4. The highest BCUT2D eigenvalue weighted by Gasteiger charge is 2.25. The Morgan fingerprint density at radius 3 is 2.92 bits per heavy atom. The van der Waals surface area contributed by atoms with Gasteiger partial charge in [-0.3, -0.25) is 0 Å². The maximum Gasteiger partial charge on any atom is 0.367 e. The van der Waals surface area contributed by atoms with E-state index in [1.54, 1.807) is 12.3 Å². The Bertz CT molecular complexity index is 832. The molecular weight excluding hydrogens is 336 g/mol. The van der Waals surface area contributed by atoms with Crippen molar-refractivity contribution in [1.29, 1.82) is 0 Å². The summed E-state index contributed by atoms with van der Waals surface area (Å²) in [7, 11) is 0. The van der Waals surface area contributed by atoms with Gasteiger partial charge in [0, 0.05) is 6.20 Å². The Hall–Kier alpha value is -2.31. The number of nitrogens with zero attached hydrogens (tertiary/aromatic N) is 2. The van der Waals surface area contributed by atoms with Gasteiger partial charge >= 0.3 is 5.97 Å². The number of hydrogen-bond acceptors (Lipinski definition) is 6. The van der Waals surface area contributed by atoms with Crippen molar-refractivity contribution in [2.45, 2.75) is 31.5 Å². The molecule has 1 saturated heterocycles. The van der Waals surface area contributed by atoms with E-state index in [9.17, 15) is 4.79 Å². The van der Waals surface area contributed by atoms with Crippen molar-refractivity contribution in [3.8, 4) is 0 Å². The molecule has 3 heterocycles. The third-order valence-corrected chi connectivity index (χ3v) is 5.22. The molecule has 6 heteroatoms. The first-order valence-electron chi connectivity index (χ1n) is 8.39. The molecule has 1 fully saturated rings. The van der Waals surface area contributed by atoms with E-state index in [0.717, 1.165) is 29.6 Å². The SMILES string of the molecule is O=C(OCC1CCCC(c2ccccc2)O1)c1nc2cccnc2s1. The second kappa shape index (κ2) is 7.29. The first-order chi connectivity index (χ1) is 12.3. The first kappa shape index (κ1) is 16.2. The molecule has 0 saturated carbocycles. The maximum atomic E-state index is 12.3. The standard InChI is InChI=1S/C19H18N2O3S/c22-19(18-21-15-9-5-11-20-17(15)25-18)23-12-14-8-4-10-16(24-14)13-6-2-1-3-7-13/h1-3,5-7,9,11,14,16H,4,8,10,12H2. The van der Waals surface area contributed by atoms with Crippen LogP contribution in [0, 0.1) is 0 Å². The summed E-state index contributed by atoms with van der Waals surface area (Å²) < 4.78 is 11.5. The summed E-state index contributed by atoms with van der Waals surface area (Å²) in [6, 6.07) is 13.8. The van der Waals surface area contributed by atoms with Gasteiger partial charge in [0.05, 0.1) is 12.2 Å². The zero-order valence-electron chi connectivity index (χ0n) is 13.6. The highest BCUT2D eigenvalue weighted by molar-refractivity contribution is 7.19. The minimum Gasteiger partial charge on any atom is -0.458 e. The van der Waals surface area contributed by atoms with Gasteiger partial charge in [0.1, 0.15) is 17.0 Å². The van der Waals surface area contributed by atoms with Crippen molar-refractivity contribution in [2.75, 3.05) is 6.61 Å². The molecule has 2 aromatic heterocycles. The van der Waals surface area contributed by atoms with Gasteiger partial charge in [-0.2, -0.15) is 0 Å². The molecule has 0 N–H and O–H groups in total. The largest absolute Gasteiger partial charge is 0.458 e. The molecule has 0 spiro atoms. The highest BCUT2D eigenvalue weighted by atomic mass is 32.1. The molecule has 5 nitrogen and oxygen atoms in total. The topological polar surface area (TPSA) is 61.3 Å². The molecule has 3 aromatic rings. The number of pyridine rings is 1.